The Morgan fingerprint density at radius 3 is 2.32 bits per heavy atom. The molecule has 0 saturated carbocycles. The molecule has 5 nitrogen and oxygen atoms in total. The third-order valence-corrected chi connectivity index (χ3v) is 2.30. The second kappa shape index (κ2) is 7.81. The van der Waals surface area contributed by atoms with E-state index in [-0.39, 0.29) is 6.61 Å². The lowest BCUT2D eigenvalue weighted by molar-refractivity contribution is -0.148. The van der Waals surface area contributed by atoms with E-state index in [0.29, 0.717) is 6.42 Å². The van der Waals surface area contributed by atoms with Crippen molar-refractivity contribution in [2.24, 2.45) is 0 Å². The van der Waals surface area contributed by atoms with Crippen molar-refractivity contribution < 1.29 is 19.1 Å². The maximum Gasteiger partial charge on any atom is 0.410 e. The van der Waals surface area contributed by atoms with Crippen molar-refractivity contribution in [1.29, 1.82) is 0 Å². The average molecular weight is 271 g/mol. The SMILES string of the molecule is C/C=C/CC(C(=O)OCC)N(C)C(=O)OC(C)(C)C. The van der Waals surface area contributed by atoms with E-state index in [1.165, 1.54) is 4.90 Å². The first-order valence-electron chi connectivity index (χ1n) is 6.46. The number of nitrogens with zero attached hydrogens (tertiary/aromatic N) is 1. The van der Waals surface area contributed by atoms with Gasteiger partial charge in [-0.1, -0.05) is 12.2 Å². The van der Waals surface area contributed by atoms with Crippen molar-refractivity contribution in [3.8, 4) is 0 Å². The van der Waals surface area contributed by atoms with Gasteiger partial charge in [-0.25, -0.2) is 9.59 Å². The van der Waals surface area contributed by atoms with Gasteiger partial charge in [0.05, 0.1) is 6.61 Å². The summed E-state index contributed by atoms with van der Waals surface area (Å²) in [4.78, 5) is 25.1. The van der Waals surface area contributed by atoms with Crippen LogP contribution in [-0.2, 0) is 14.3 Å². The number of amides is 1. The largest absolute Gasteiger partial charge is 0.464 e. The molecule has 0 aromatic carbocycles. The maximum absolute atomic E-state index is 11.9. The maximum atomic E-state index is 11.9. The van der Waals surface area contributed by atoms with Gasteiger partial charge in [0, 0.05) is 7.05 Å². The summed E-state index contributed by atoms with van der Waals surface area (Å²) < 4.78 is 10.2. The summed E-state index contributed by atoms with van der Waals surface area (Å²) in [5.41, 5.74) is -0.592. The van der Waals surface area contributed by atoms with Crippen molar-refractivity contribution in [3.05, 3.63) is 12.2 Å². The molecule has 5 heteroatoms. The van der Waals surface area contributed by atoms with Crippen LogP contribution < -0.4 is 0 Å². The van der Waals surface area contributed by atoms with Gasteiger partial charge >= 0.3 is 12.1 Å². The normalized spacial score (nSPS) is 13.2. The minimum absolute atomic E-state index is 0.285. The molecule has 1 atom stereocenters. The molecular weight excluding hydrogens is 246 g/mol. The second-order valence-electron chi connectivity index (χ2n) is 5.16. The predicted octanol–water partition coefficient (Wildman–Crippen LogP) is 2.75. The number of hydrogen-bond donors (Lipinski definition) is 0. The molecule has 1 amide bonds. The van der Waals surface area contributed by atoms with Gasteiger partial charge in [0.15, 0.2) is 0 Å². The van der Waals surface area contributed by atoms with Crippen LogP contribution in [0.25, 0.3) is 0 Å². The summed E-state index contributed by atoms with van der Waals surface area (Å²) in [6, 6.07) is -0.661. The van der Waals surface area contributed by atoms with Crippen LogP contribution in [-0.4, -0.2) is 42.3 Å². The zero-order chi connectivity index (χ0) is 15.1. The molecule has 0 fully saturated rings. The fourth-order valence-corrected chi connectivity index (χ4v) is 1.38. The molecule has 0 aliphatic carbocycles. The number of carbonyl (C=O) groups is 2. The Morgan fingerprint density at radius 2 is 1.89 bits per heavy atom. The van der Waals surface area contributed by atoms with Crippen LogP contribution in [0.3, 0.4) is 0 Å². The van der Waals surface area contributed by atoms with Gasteiger partial charge < -0.3 is 9.47 Å². The van der Waals surface area contributed by atoms with E-state index in [4.69, 9.17) is 9.47 Å². The highest BCUT2D eigenvalue weighted by molar-refractivity contribution is 5.81. The highest BCUT2D eigenvalue weighted by Crippen LogP contribution is 2.13. The van der Waals surface area contributed by atoms with Gasteiger partial charge in [0.2, 0.25) is 0 Å². The van der Waals surface area contributed by atoms with Crippen molar-refractivity contribution >= 4 is 12.1 Å². The molecule has 0 N–H and O–H groups in total. The van der Waals surface area contributed by atoms with E-state index < -0.39 is 23.7 Å². The lowest BCUT2D eigenvalue weighted by Gasteiger charge is -2.29. The van der Waals surface area contributed by atoms with Crippen LogP contribution in [0.15, 0.2) is 12.2 Å². The number of likely N-dealkylation sites (N-methyl/N-ethyl adjacent to an activating group) is 1. The molecule has 0 aliphatic rings. The lowest BCUT2D eigenvalue weighted by atomic mass is 10.1. The third-order valence-electron chi connectivity index (χ3n) is 2.30. The Kier molecular flexibility index (Phi) is 7.19. The topological polar surface area (TPSA) is 55.8 Å². The number of ether oxygens (including phenoxy) is 2. The summed E-state index contributed by atoms with van der Waals surface area (Å²) in [7, 11) is 1.54. The molecular formula is C14H25NO4. The predicted molar refractivity (Wildman–Crippen MR) is 73.8 cm³/mol. The molecule has 0 spiro atoms. The van der Waals surface area contributed by atoms with Crippen LogP contribution in [0, 0.1) is 0 Å². The van der Waals surface area contributed by atoms with E-state index in [1.807, 2.05) is 19.1 Å². The Labute approximate surface area is 115 Å². The Morgan fingerprint density at radius 1 is 1.32 bits per heavy atom. The number of rotatable bonds is 5. The highest BCUT2D eigenvalue weighted by atomic mass is 16.6. The van der Waals surface area contributed by atoms with E-state index in [1.54, 1.807) is 34.7 Å². The lowest BCUT2D eigenvalue weighted by Crippen LogP contribution is -2.45. The summed E-state index contributed by atoms with van der Waals surface area (Å²) >= 11 is 0. The monoisotopic (exact) mass is 271 g/mol. The Hall–Kier alpha value is -1.52. The van der Waals surface area contributed by atoms with E-state index in [9.17, 15) is 9.59 Å². The summed E-state index contributed by atoms with van der Waals surface area (Å²) in [5, 5.41) is 0. The minimum Gasteiger partial charge on any atom is -0.464 e. The Bertz CT molecular complexity index is 331. The van der Waals surface area contributed by atoms with Crippen LogP contribution in [0.5, 0.6) is 0 Å². The van der Waals surface area contributed by atoms with Crippen molar-refractivity contribution in [1.82, 2.24) is 4.90 Å². The molecule has 0 heterocycles. The van der Waals surface area contributed by atoms with E-state index in [0.717, 1.165) is 0 Å². The van der Waals surface area contributed by atoms with Crippen molar-refractivity contribution in [2.75, 3.05) is 13.7 Å². The molecule has 0 saturated heterocycles. The van der Waals surface area contributed by atoms with Gasteiger partial charge in [-0.15, -0.1) is 0 Å². The van der Waals surface area contributed by atoms with Gasteiger partial charge in [0.1, 0.15) is 11.6 Å². The second-order valence-corrected chi connectivity index (χ2v) is 5.16. The van der Waals surface area contributed by atoms with Crippen LogP contribution in [0.1, 0.15) is 41.0 Å². The molecule has 0 aliphatic heterocycles. The number of allylic oxidation sites excluding steroid dienone is 1. The average Bonchev–Trinajstić information content (AvgIpc) is 2.27. The molecule has 1 unspecified atom stereocenters. The van der Waals surface area contributed by atoms with Crippen LogP contribution in [0.4, 0.5) is 4.79 Å². The minimum atomic E-state index is -0.661. The fourth-order valence-electron chi connectivity index (χ4n) is 1.38. The van der Waals surface area contributed by atoms with Crippen LogP contribution in [0.2, 0.25) is 0 Å². The number of hydrogen-bond acceptors (Lipinski definition) is 4. The van der Waals surface area contributed by atoms with E-state index in [2.05, 4.69) is 0 Å². The molecule has 0 bridgehead atoms. The molecule has 110 valence electrons. The first-order valence-corrected chi connectivity index (χ1v) is 6.46. The zero-order valence-electron chi connectivity index (χ0n) is 12.7. The molecule has 0 aromatic heterocycles. The number of esters is 1. The molecule has 0 radical (unpaired) electrons. The fraction of sp³-hybridized carbons (Fsp3) is 0.714. The van der Waals surface area contributed by atoms with Gasteiger partial charge in [0.25, 0.3) is 0 Å². The van der Waals surface area contributed by atoms with Gasteiger partial charge in [-0.05, 0) is 41.0 Å². The summed E-state index contributed by atoms with van der Waals surface area (Å²) in [5.74, 6) is -0.422. The van der Waals surface area contributed by atoms with E-state index >= 15 is 0 Å². The first kappa shape index (κ1) is 17.5. The zero-order valence-corrected chi connectivity index (χ0v) is 12.7. The smallest absolute Gasteiger partial charge is 0.410 e. The van der Waals surface area contributed by atoms with Gasteiger partial charge in [-0.2, -0.15) is 0 Å². The Balaban J connectivity index is 4.83. The standard InChI is InChI=1S/C14H25NO4/c1-7-9-10-11(12(16)18-8-2)15(6)13(17)19-14(3,4)5/h7,9,11H,8,10H2,1-6H3/b9-7+. The van der Waals surface area contributed by atoms with Crippen molar-refractivity contribution in [2.45, 2.75) is 52.7 Å². The summed E-state index contributed by atoms with van der Waals surface area (Å²) in [6.07, 6.45) is 3.53. The van der Waals surface area contributed by atoms with Gasteiger partial charge in [-0.3, -0.25) is 4.90 Å². The molecule has 0 rings (SSSR count). The van der Waals surface area contributed by atoms with Crippen LogP contribution >= 0.6 is 0 Å². The summed E-state index contributed by atoms with van der Waals surface area (Å²) in [6.45, 7) is 9.22. The first-order chi connectivity index (χ1) is 8.72. The quantitative estimate of drug-likeness (QED) is 0.570. The third kappa shape index (κ3) is 6.84. The highest BCUT2D eigenvalue weighted by Gasteiger charge is 2.30. The molecule has 0 aromatic rings. The van der Waals surface area contributed by atoms with Crippen molar-refractivity contribution in [3.63, 3.8) is 0 Å². The number of carbonyl (C=O) groups excluding carboxylic acids is 2. The molecule has 19 heavy (non-hydrogen) atoms.